The number of hydrogen-bond donors (Lipinski definition) is 1. The molecule has 17 heavy (non-hydrogen) atoms. The standard InChI is InChI=1S/C13H19N3S/c1-9(2)16-7-6-11(15-16)8-12(14)13-5-4-10(3)17-13/h4-7,9,12H,8,14H2,1-3H3. The number of aromatic nitrogens is 2. The van der Waals surface area contributed by atoms with Gasteiger partial charge < -0.3 is 5.73 Å². The van der Waals surface area contributed by atoms with Crippen LogP contribution in [0.25, 0.3) is 0 Å². The molecule has 4 heteroatoms. The Labute approximate surface area is 106 Å². The van der Waals surface area contributed by atoms with Crippen molar-refractivity contribution in [3.63, 3.8) is 0 Å². The Morgan fingerprint density at radius 1 is 1.35 bits per heavy atom. The summed E-state index contributed by atoms with van der Waals surface area (Å²) in [4.78, 5) is 2.55. The summed E-state index contributed by atoms with van der Waals surface area (Å²) in [6, 6.07) is 6.75. The second-order valence-electron chi connectivity index (χ2n) is 4.64. The van der Waals surface area contributed by atoms with Crippen LogP contribution in [-0.4, -0.2) is 9.78 Å². The van der Waals surface area contributed by atoms with Crippen LogP contribution in [0.3, 0.4) is 0 Å². The maximum Gasteiger partial charge on any atom is 0.0643 e. The van der Waals surface area contributed by atoms with Crippen LogP contribution in [0.4, 0.5) is 0 Å². The minimum atomic E-state index is 0.0595. The molecule has 2 N–H and O–H groups in total. The second-order valence-corrected chi connectivity index (χ2v) is 5.96. The first kappa shape index (κ1) is 12.3. The fourth-order valence-corrected chi connectivity index (χ4v) is 2.63. The number of aryl methyl sites for hydroxylation is 1. The summed E-state index contributed by atoms with van der Waals surface area (Å²) in [6.07, 6.45) is 2.83. The van der Waals surface area contributed by atoms with Crippen molar-refractivity contribution >= 4 is 11.3 Å². The minimum absolute atomic E-state index is 0.0595. The monoisotopic (exact) mass is 249 g/mol. The lowest BCUT2D eigenvalue weighted by molar-refractivity contribution is 0.523. The second kappa shape index (κ2) is 5.02. The van der Waals surface area contributed by atoms with Crippen molar-refractivity contribution in [1.29, 1.82) is 0 Å². The average molecular weight is 249 g/mol. The molecule has 0 aliphatic carbocycles. The van der Waals surface area contributed by atoms with Gasteiger partial charge in [0.25, 0.3) is 0 Å². The molecule has 0 amide bonds. The zero-order chi connectivity index (χ0) is 12.4. The molecule has 0 bridgehead atoms. The molecular formula is C13H19N3S. The average Bonchev–Trinajstić information content (AvgIpc) is 2.86. The van der Waals surface area contributed by atoms with Crippen LogP contribution in [0.5, 0.6) is 0 Å². The molecule has 2 rings (SSSR count). The number of hydrogen-bond acceptors (Lipinski definition) is 3. The molecule has 1 atom stereocenters. The highest BCUT2D eigenvalue weighted by molar-refractivity contribution is 7.12. The van der Waals surface area contributed by atoms with E-state index in [0.717, 1.165) is 12.1 Å². The van der Waals surface area contributed by atoms with E-state index in [2.05, 4.69) is 44.1 Å². The largest absolute Gasteiger partial charge is 0.323 e. The molecule has 2 heterocycles. The molecule has 3 nitrogen and oxygen atoms in total. The fourth-order valence-electron chi connectivity index (χ4n) is 1.75. The van der Waals surface area contributed by atoms with Crippen LogP contribution in [0, 0.1) is 6.92 Å². The van der Waals surface area contributed by atoms with Gasteiger partial charge in [-0.3, -0.25) is 4.68 Å². The van der Waals surface area contributed by atoms with E-state index >= 15 is 0 Å². The van der Waals surface area contributed by atoms with Crippen molar-refractivity contribution in [2.75, 3.05) is 0 Å². The molecule has 2 aromatic heterocycles. The first-order valence-electron chi connectivity index (χ1n) is 5.92. The van der Waals surface area contributed by atoms with E-state index in [0.29, 0.717) is 6.04 Å². The molecule has 0 saturated carbocycles. The fraction of sp³-hybridized carbons (Fsp3) is 0.462. The Balaban J connectivity index is 2.05. The number of rotatable bonds is 4. The Kier molecular flexibility index (Phi) is 3.64. The molecule has 0 fully saturated rings. The van der Waals surface area contributed by atoms with Gasteiger partial charge in [-0.15, -0.1) is 11.3 Å². The summed E-state index contributed by atoms with van der Waals surface area (Å²) in [5.74, 6) is 0. The smallest absolute Gasteiger partial charge is 0.0643 e. The predicted molar refractivity (Wildman–Crippen MR) is 72.3 cm³/mol. The lowest BCUT2D eigenvalue weighted by Gasteiger charge is -2.08. The molecule has 92 valence electrons. The molecule has 0 aromatic carbocycles. The van der Waals surface area contributed by atoms with Crippen molar-refractivity contribution in [3.05, 3.63) is 39.8 Å². The van der Waals surface area contributed by atoms with Gasteiger partial charge in [-0.25, -0.2) is 0 Å². The zero-order valence-electron chi connectivity index (χ0n) is 10.6. The van der Waals surface area contributed by atoms with Gasteiger partial charge in [-0.2, -0.15) is 5.10 Å². The highest BCUT2D eigenvalue weighted by Crippen LogP contribution is 2.23. The Bertz CT molecular complexity index is 484. The van der Waals surface area contributed by atoms with E-state index in [1.807, 2.05) is 10.9 Å². The lowest BCUT2D eigenvalue weighted by Crippen LogP contribution is -2.12. The van der Waals surface area contributed by atoms with Crippen LogP contribution >= 0.6 is 11.3 Å². The number of nitrogens with two attached hydrogens (primary N) is 1. The third kappa shape index (κ3) is 2.96. The molecule has 0 radical (unpaired) electrons. The van der Waals surface area contributed by atoms with Gasteiger partial charge >= 0.3 is 0 Å². The molecule has 0 aliphatic rings. The normalized spacial score (nSPS) is 13.2. The summed E-state index contributed by atoms with van der Waals surface area (Å²) < 4.78 is 1.97. The van der Waals surface area contributed by atoms with E-state index in [4.69, 9.17) is 5.73 Å². The number of nitrogens with zero attached hydrogens (tertiary/aromatic N) is 2. The van der Waals surface area contributed by atoms with Crippen LogP contribution in [0.1, 0.15) is 41.4 Å². The van der Waals surface area contributed by atoms with E-state index < -0.39 is 0 Å². The molecule has 2 aromatic rings. The third-order valence-corrected chi connectivity index (χ3v) is 3.88. The van der Waals surface area contributed by atoms with Gasteiger partial charge in [-0.1, -0.05) is 0 Å². The molecule has 1 unspecified atom stereocenters. The SMILES string of the molecule is Cc1ccc(C(N)Cc2ccn(C(C)C)n2)s1. The summed E-state index contributed by atoms with van der Waals surface area (Å²) >= 11 is 1.77. The summed E-state index contributed by atoms with van der Waals surface area (Å²) in [7, 11) is 0. The Hall–Kier alpha value is -1.13. The summed E-state index contributed by atoms with van der Waals surface area (Å²) in [6.45, 7) is 6.35. The maximum absolute atomic E-state index is 6.19. The van der Waals surface area contributed by atoms with Crippen LogP contribution in [0.15, 0.2) is 24.4 Å². The molecule has 0 saturated heterocycles. The minimum Gasteiger partial charge on any atom is -0.323 e. The molecule has 0 spiro atoms. The highest BCUT2D eigenvalue weighted by Gasteiger charge is 2.11. The predicted octanol–water partition coefficient (Wildman–Crippen LogP) is 3.08. The number of thiophene rings is 1. The van der Waals surface area contributed by atoms with Gasteiger partial charge in [-0.05, 0) is 39.0 Å². The third-order valence-electron chi connectivity index (χ3n) is 2.75. The van der Waals surface area contributed by atoms with Crippen molar-refractivity contribution in [1.82, 2.24) is 9.78 Å². The quantitative estimate of drug-likeness (QED) is 0.905. The van der Waals surface area contributed by atoms with Crippen molar-refractivity contribution in [3.8, 4) is 0 Å². The van der Waals surface area contributed by atoms with Gasteiger partial charge in [0.15, 0.2) is 0 Å². The van der Waals surface area contributed by atoms with Crippen molar-refractivity contribution in [2.45, 2.75) is 39.3 Å². The first-order valence-corrected chi connectivity index (χ1v) is 6.74. The van der Waals surface area contributed by atoms with Gasteiger partial charge in [0.1, 0.15) is 0 Å². The first-order chi connectivity index (χ1) is 8.06. The molecular weight excluding hydrogens is 230 g/mol. The van der Waals surface area contributed by atoms with E-state index in [9.17, 15) is 0 Å². The maximum atomic E-state index is 6.19. The van der Waals surface area contributed by atoms with Crippen LogP contribution < -0.4 is 5.73 Å². The Morgan fingerprint density at radius 3 is 2.65 bits per heavy atom. The lowest BCUT2D eigenvalue weighted by atomic mass is 10.1. The molecule has 0 aliphatic heterocycles. The van der Waals surface area contributed by atoms with Gasteiger partial charge in [0.2, 0.25) is 0 Å². The van der Waals surface area contributed by atoms with E-state index in [1.54, 1.807) is 11.3 Å². The Morgan fingerprint density at radius 2 is 2.12 bits per heavy atom. The van der Waals surface area contributed by atoms with Crippen LogP contribution in [-0.2, 0) is 6.42 Å². The van der Waals surface area contributed by atoms with Crippen molar-refractivity contribution < 1.29 is 0 Å². The van der Waals surface area contributed by atoms with Gasteiger partial charge in [0, 0.05) is 34.5 Å². The van der Waals surface area contributed by atoms with Gasteiger partial charge in [0.05, 0.1) is 5.69 Å². The topological polar surface area (TPSA) is 43.8 Å². The summed E-state index contributed by atoms with van der Waals surface area (Å²) in [5, 5.41) is 4.52. The summed E-state index contributed by atoms with van der Waals surface area (Å²) in [5.41, 5.74) is 7.25. The van der Waals surface area contributed by atoms with E-state index in [1.165, 1.54) is 9.75 Å². The zero-order valence-corrected chi connectivity index (χ0v) is 11.4. The highest BCUT2D eigenvalue weighted by atomic mass is 32.1. The van der Waals surface area contributed by atoms with Crippen molar-refractivity contribution in [2.24, 2.45) is 5.73 Å². The van der Waals surface area contributed by atoms with Crippen LogP contribution in [0.2, 0.25) is 0 Å². The van der Waals surface area contributed by atoms with E-state index in [-0.39, 0.29) is 6.04 Å².